The van der Waals surface area contributed by atoms with Crippen LogP contribution in [0.25, 0.3) is 0 Å². The van der Waals surface area contributed by atoms with E-state index >= 15 is 0 Å². The molecule has 1 rings (SSSR count). The Hall–Kier alpha value is -0.0400. The summed E-state index contributed by atoms with van der Waals surface area (Å²) < 4.78 is 4.96. The van der Waals surface area contributed by atoms with Crippen LogP contribution in [0.15, 0.2) is 4.99 Å². The van der Waals surface area contributed by atoms with Crippen molar-refractivity contribution in [1.29, 1.82) is 0 Å². The summed E-state index contributed by atoms with van der Waals surface area (Å²) in [6.45, 7) is 5.93. The van der Waals surface area contributed by atoms with Crippen LogP contribution in [0, 0.1) is 5.92 Å². The molecule has 1 heterocycles. The SMILES string of the molecule is COCCCN=C(N)N1CCC(C)CC1.I. The molecule has 1 aliphatic rings. The molecule has 0 atom stereocenters. The van der Waals surface area contributed by atoms with E-state index < -0.39 is 0 Å². The molecule has 96 valence electrons. The van der Waals surface area contributed by atoms with Crippen molar-refractivity contribution in [2.45, 2.75) is 26.2 Å². The maximum Gasteiger partial charge on any atom is 0.191 e. The maximum absolute atomic E-state index is 5.91. The molecule has 16 heavy (non-hydrogen) atoms. The van der Waals surface area contributed by atoms with Gasteiger partial charge >= 0.3 is 0 Å². The second-order valence-corrected chi connectivity index (χ2v) is 4.26. The first-order chi connectivity index (χ1) is 7.24. The number of hydrogen-bond donors (Lipinski definition) is 1. The van der Waals surface area contributed by atoms with E-state index in [-0.39, 0.29) is 24.0 Å². The van der Waals surface area contributed by atoms with Gasteiger partial charge in [-0.15, -0.1) is 24.0 Å². The average molecular weight is 341 g/mol. The topological polar surface area (TPSA) is 50.9 Å². The monoisotopic (exact) mass is 341 g/mol. The molecule has 1 saturated heterocycles. The summed E-state index contributed by atoms with van der Waals surface area (Å²) in [4.78, 5) is 6.54. The fraction of sp³-hybridized carbons (Fsp3) is 0.909. The minimum absolute atomic E-state index is 0. The van der Waals surface area contributed by atoms with Crippen molar-refractivity contribution in [1.82, 2.24) is 4.90 Å². The number of halogens is 1. The molecule has 2 N–H and O–H groups in total. The third kappa shape index (κ3) is 5.89. The Kier molecular flexibility index (Phi) is 9.02. The zero-order chi connectivity index (χ0) is 11.1. The van der Waals surface area contributed by atoms with Gasteiger partial charge in [0, 0.05) is 33.4 Å². The Bertz CT molecular complexity index is 203. The number of ether oxygens (including phenoxy) is 1. The quantitative estimate of drug-likeness (QED) is 0.366. The van der Waals surface area contributed by atoms with E-state index in [1.807, 2.05) is 0 Å². The van der Waals surface area contributed by atoms with Gasteiger partial charge in [0.2, 0.25) is 0 Å². The highest BCUT2D eigenvalue weighted by molar-refractivity contribution is 14.0. The molecule has 0 unspecified atom stereocenters. The minimum Gasteiger partial charge on any atom is -0.385 e. The smallest absolute Gasteiger partial charge is 0.191 e. The number of rotatable bonds is 4. The van der Waals surface area contributed by atoms with E-state index in [4.69, 9.17) is 10.5 Å². The van der Waals surface area contributed by atoms with Gasteiger partial charge in [-0.1, -0.05) is 6.92 Å². The highest BCUT2D eigenvalue weighted by Gasteiger charge is 2.16. The predicted molar refractivity (Wildman–Crippen MR) is 78.4 cm³/mol. The Labute approximate surface area is 116 Å². The molecular formula is C11H24IN3O. The number of methoxy groups -OCH3 is 1. The molecule has 0 saturated carbocycles. The van der Waals surface area contributed by atoms with Gasteiger partial charge in [-0.2, -0.15) is 0 Å². The second kappa shape index (κ2) is 9.04. The standard InChI is InChI=1S/C11H23N3O.HI/c1-10-4-7-14(8-5-10)11(12)13-6-3-9-15-2;/h10H,3-9H2,1-2H3,(H2,12,13);1H. The molecule has 0 radical (unpaired) electrons. The van der Waals surface area contributed by atoms with E-state index in [0.717, 1.165) is 38.6 Å². The normalized spacial score (nSPS) is 18.4. The maximum atomic E-state index is 5.91. The molecule has 0 bridgehead atoms. The fourth-order valence-electron chi connectivity index (χ4n) is 1.74. The molecule has 0 aromatic rings. The molecule has 5 heteroatoms. The summed E-state index contributed by atoms with van der Waals surface area (Å²) in [5, 5.41) is 0. The van der Waals surface area contributed by atoms with Gasteiger partial charge in [0.05, 0.1) is 0 Å². The average Bonchev–Trinajstić information content (AvgIpc) is 2.25. The molecule has 0 amide bonds. The van der Waals surface area contributed by atoms with Crippen molar-refractivity contribution < 1.29 is 4.74 Å². The molecule has 1 aliphatic heterocycles. The third-order valence-electron chi connectivity index (χ3n) is 2.89. The van der Waals surface area contributed by atoms with Gasteiger partial charge in [-0.3, -0.25) is 4.99 Å². The van der Waals surface area contributed by atoms with Gasteiger partial charge in [-0.05, 0) is 25.2 Å². The van der Waals surface area contributed by atoms with Crippen molar-refractivity contribution in [3.8, 4) is 0 Å². The number of aliphatic imine (C=N–C) groups is 1. The minimum atomic E-state index is 0. The Morgan fingerprint density at radius 2 is 2.06 bits per heavy atom. The van der Waals surface area contributed by atoms with E-state index in [2.05, 4.69) is 16.8 Å². The molecule has 0 aliphatic carbocycles. The molecule has 4 nitrogen and oxygen atoms in total. The van der Waals surface area contributed by atoms with Crippen LogP contribution < -0.4 is 5.73 Å². The Morgan fingerprint density at radius 3 is 2.62 bits per heavy atom. The summed E-state index contributed by atoms with van der Waals surface area (Å²) in [5.41, 5.74) is 5.91. The van der Waals surface area contributed by atoms with E-state index in [1.165, 1.54) is 12.8 Å². The predicted octanol–water partition coefficient (Wildman–Crippen LogP) is 1.69. The molecule has 1 fully saturated rings. The highest BCUT2D eigenvalue weighted by atomic mass is 127. The number of guanidine groups is 1. The van der Waals surface area contributed by atoms with Gasteiger partial charge in [0.25, 0.3) is 0 Å². The number of piperidine rings is 1. The zero-order valence-corrected chi connectivity index (χ0v) is 12.6. The summed E-state index contributed by atoms with van der Waals surface area (Å²) in [6, 6.07) is 0. The Morgan fingerprint density at radius 1 is 1.44 bits per heavy atom. The van der Waals surface area contributed by atoms with Crippen LogP contribution in [-0.4, -0.2) is 44.2 Å². The highest BCUT2D eigenvalue weighted by Crippen LogP contribution is 2.15. The van der Waals surface area contributed by atoms with Gasteiger partial charge in [-0.25, -0.2) is 0 Å². The van der Waals surface area contributed by atoms with Crippen LogP contribution in [0.1, 0.15) is 26.2 Å². The van der Waals surface area contributed by atoms with Crippen LogP contribution in [0.5, 0.6) is 0 Å². The Balaban J connectivity index is 0.00000225. The summed E-state index contributed by atoms with van der Waals surface area (Å²) in [5.74, 6) is 1.54. The van der Waals surface area contributed by atoms with Crippen molar-refractivity contribution in [3.63, 3.8) is 0 Å². The number of hydrogen-bond acceptors (Lipinski definition) is 2. The van der Waals surface area contributed by atoms with Crippen LogP contribution in [0.2, 0.25) is 0 Å². The second-order valence-electron chi connectivity index (χ2n) is 4.26. The largest absolute Gasteiger partial charge is 0.385 e. The van der Waals surface area contributed by atoms with E-state index in [1.54, 1.807) is 7.11 Å². The van der Waals surface area contributed by atoms with E-state index in [0.29, 0.717) is 5.96 Å². The lowest BCUT2D eigenvalue weighted by Crippen LogP contribution is -2.42. The number of nitrogens with zero attached hydrogens (tertiary/aromatic N) is 2. The first-order valence-corrected chi connectivity index (χ1v) is 5.78. The zero-order valence-electron chi connectivity index (χ0n) is 10.3. The number of nitrogens with two attached hydrogens (primary N) is 1. The summed E-state index contributed by atoms with van der Waals surface area (Å²) >= 11 is 0. The fourth-order valence-corrected chi connectivity index (χ4v) is 1.74. The van der Waals surface area contributed by atoms with Crippen molar-refractivity contribution >= 4 is 29.9 Å². The van der Waals surface area contributed by atoms with Crippen LogP contribution >= 0.6 is 24.0 Å². The first-order valence-electron chi connectivity index (χ1n) is 5.78. The summed E-state index contributed by atoms with van der Waals surface area (Å²) in [7, 11) is 1.71. The lowest BCUT2D eigenvalue weighted by Gasteiger charge is -2.31. The molecule has 0 aromatic heterocycles. The van der Waals surface area contributed by atoms with Crippen LogP contribution in [0.3, 0.4) is 0 Å². The van der Waals surface area contributed by atoms with Crippen molar-refractivity contribution in [2.24, 2.45) is 16.6 Å². The van der Waals surface area contributed by atoms with Crippen LogP contribution in [-0.2, 0) is 4.74 Å². The lowest BCUT2D eigenvalue weighted by molar-refractivity contribution is 0.196. The van der Waals surface area contributed by atoms with Crippen molar-refractivity contribution in [2.75, 3.05) is 33.4 Å². The number of likely N-dealkylation sites (tertiary alicyclic amines) is 1. The summed E-state index contributed by atoms with van der Waals surface area (Å²) in [6.07, 6.45) is 3.41. The van der Waals surface area contributed by atoms with Crippen molar-refractivity contribution in [3.05, 3.63) is 0 Å². The lowest BCUT2D eigenvalue weighted by atomic mass is 10.00. The van der Waals surface area contributed by atoms with Gasteiger partial charge in [0.15, 0.2) is 5.96 Å². The molecule has 0 spiro atoms. The van der Waals surface area contributed by atoms with Gasteiger partial charge in [0.1, 0.15) is 0 Å². The van der Waals surface area contributed by atoms with Gasteiger partial charge < -0.3 is 15.4 Å². The van der Waals surface area contributed by atoms with E-state index in [9.17, 15) is 0 Å². The third-order valence-corrected chi connectivity index (χ3v) is 2.89. The molecule has 0 aromatic carbocycles. The first kappa shape index (κ1) is 16.0. The molecular weight excluding hydrogens is 317 g/mol. The van der Waals surface area contributed by atoms with Crippen LogP contribution in [0.4, 0.5) is 0 Å².